The molecule has 6 heteroatoms. The summed E-state index contributed by atoms with van der Waals surface area (Å²) in [5, 5.41) is 9.08. The SMILES string of the molecule is CC(C)CS(=O)(=O)NCC(CC(C)(C)C)C(=O)O. The Morgan fingerprint density at radius 3 is 2.11 bits per heavy atom. The second-order valence-electron chi connectivity index (χ2n) is 6.32. The van der Waals surface area contributed by atoms with Crippen LogP contribution in [0.15, 0.2) is 0 Å². The quantitative estimate of drug-likeness (QED) is 0.743. The van der Waals surface area contributed by atoms with Crippen molar-refractivity contribution in [1.29, 1.82) is 0 Å². The number of nitrogens with one attached hydrogen (secondary N) is 1. The molecule has 0 spiro atoms. The van der Waals surface area contributed by atoms with Gasteiger partial charge in [-0.15, -0.1) is 0 Å². The summed E-state index contributed by atoms with van der Waals surface area (Å²) < 4.78 is 25.6. The number of sulfonamides is 1. The van der Waals surface area contributed by atoms with Gasteiger partial charge in [-0.2, -0.15) is 0 Å². The van der Waals surface area contributed by atoms with Crippen LogP contribution in [-0.2, 0) is 14.8 Å². The fraction of sp³-hybridized carbons (Fsp3) is 0.917. The first-order chi connectivity index (χ1) is 7.93. The van der Waals surface area contributed by atoms with Crippen molar-refractivity contribution in [2.75, 3.05) is 12.3 Å². The lowest BCUT2D eigenvalue weighted by atomic mass is 9.85. The molecule has 0 aromatic carbocycles. The van der Waals surface area contributed by atoms with Gasteiger partial charge >= 0.3 is 5.97 Å². The smallest absolute Gasteiger partial charge is 0.307 e. The summed E-state index contributed by atoms with van der Waals surface area (Å²) >= 11 is 0. The second kappa shape index (κ2) is 6.52. The van der Waals surface area contributed by atoms with E-state index >= 15 is 0 Å². The highest BCUT2D eigenvalue weighted by Crippen LogP contribution is 2.24. The second-order valence-corrected chi connectivity index (χ2v) is 8.18. The van der Waals surface area contributed by atoms with Crippen molar-refractivity contribution < 1.29 is 18.3 Å². The van der Waals surface area contributed by atoms with Crippen LogP contribution in [0.25, 0.3) is 0 Å². The Labute approximate surface area is 110 Å². The van der Waals surface area contributed by atoms with Gasteiger partial charge in [0.1, 0.15) is 0 Å². The topological polar surface area (TPSA) is 83.5 Å². The molecule has 2 N–H and O–H groups in total. The minimum absolute atomic E-state index is 0.0217. The maximum Gasteiger partial charge on any atom is 0.307 e. The Morgan fingerprint density at radius 1 is 1.28 bits per heavy atom. The summed E-state index contributed by atoms with van der Waals surface area (Å²) in [5.41, 5.74) is -0.146. The molecule has 0 aromatic rings. The summed E-state index contributed by atoms with van der Waals surface area (Å²) in [5.74, 6) is -1.60. The van der Waals surface area contributed by atoms with Gasteiger partial charge in [0.15, 0.2) is 0 Å². The lowest BCUT2D eigenvalue weighted by Gasteiger charge is -2.23. The van der Waals surface area contributed by atoms with E-state index in [0.29, 0.717) is 6.42 Å². The highest BCUT2D eigenvalue weighted by molar-refractivity contribution is 7.89. The lowest BCUT2D eigenvalue weighted by molar-refractivity contribution is -0.142. The Balaban J connectivity index is 4.50. The summed E-state index contributed by atoms with van der Waals surface area (Å²) in [7, 11) is -3.38. The largest absolute Gasteiger partial charge is 0.481 e. The van der Waals surface area contributed by atoms with E-state index in [0.717, 1.165) is 0 Å². The zero-order valence-corrected chi connectivity index (χ0v) is 12.7. The van der Waals surface area contributed by atoms with Crippen LogP contribution >= 0.6 is 0 Å². The number of carboxylic acid groups (broad SMARTS) is 1. The summed E-state index contributed by atoms with van der Waals surface area (Å²) in [4.78, 5) is 11.1. The van der Waals surface area contributed by atoms with Crippen LogP contribution in [0.4, 0.5) is 0 Å². The van der Waals surface area contributed by atoms with Gasteiger partial charge in [-0.1, -0.05) is 34.6 Å². The molecule has 0 aliphatic rings. The van der Waals surface area contributed by atoms with E-state index in [9.17, 15) is 13.2 Å². The van der Waals surface area contributed by atoms with Crippen LogP contribution in [0.5, 0.6) is 0 Å². The number of carboxylic acids is 1. The normalized spacial score (nSPS) is 14.8. The average molecular weight is 279 g/mol. The maximum atomic E-state index is 11.6. The summed E-state index contributed by atoms with van der Waals surface area (Å²) in [6, 6.07) is 0. The Kier molecular flexibility index (Phi) is 6.29. The first-order valence-electron chi connectivity index (χ1n) is 6.13. The van der Waals surface area contributed by atoms with Crippen LogP contribution < -0.4 is 4.72 Å². The van der Waals surface area contributed by atoms with Gasteiger partial charge in [-0.05, 0) is 17.8 Å². The molecule has 0 aromatic heterocycles. The number of hydrogen-bond acceptors (Lipinski definition) is 3. The van der Waals surface area contributed by atoms with Crippen molar-refractivity contribution in [3.05, 3.63) is 0 Å². The van der Waals surface area contributed by atoms with Gasteiger partial charge in [-0.25, -0.2) is 13.1 Å². The fourth-order valence-corrected chi connectivity index (χ4v) is 3.16. The first-order valence-corrected chi connectivity index (χ1v) is 7.78. The van der Waals surface area contributed by atoms with Crippen molar-refractivity contribution in [3.63, 3.8) is 0 Å². The van der Waals surface area contributed by atoms with Crippen LogP contribution in [0, 0.1) is 17.3 Å². The van der Waals surface area contributed by atoms with Gasteiger partial charge < -0.3 is 5.11 Å². The fourth-order valence-electron chi connectivity index (χ4n) is 1.71. The van der Waals surface area contributed by atoms with E-state index in [1.807, 2.05) is 34.6 Å². The number of rotatable bonds is 7. The first kappa shape index (κ1) is 17.4. The molecular weight excluding hydrogens is 254 g/mol. The summed E-state index contributed by atoms with van der Waals surface area (Å²) in [6.45, 7) is 9.39. The summed E-state index contributed by atoms with van der Waals surface area (Å²) in [6.07, 6.45) is 0.437. The molecular formula is C12H25NO4S. The van der Waals surface area contributed by atoms with Crippen molar-refractivity contribution >= 4 is 16.0 Å². The van der Waals surface area contributed by atoms with Crippen molar-refractivity contribution in [2.45, 2.75) is 41.0 Å². The van der Waals surface area contributed by atoms with E-state index in [4.69, 9.17) is 5.11 Å². The molecule has 0 bridgehead atoms. The molecule has 108 valence electrons. The van der Waals surface area contributed by atoms with Crippen molar-refractivity contribution in [1.82, 2.24) is 4.72 Å². The van der Waals surface area contributed by atoms with Crippen LogP contribution in [0.2, 0.25) is 0 Å². The Hall–Kier alpha value is -0.620. The minimum Gasteiger partial charge on any atom is -0.481 e. The van der Waals surface area contributed by atoms with E-state index in [2.05, 4.69) is 4.72 Å². The molecule has 0 heterocycles. The van der Waals surface area contributed by atoms with E-state index in [1.165, 1.54) is 0 Å². The molecule has 5 nitrogen and oxygen atoms in total. The maximum absolute atomic E-state index is 11.6. The molecule has 0 radical (unpaired) electrons. The van der Waals surface area contributed by atoms with Crippen molar-refractivity contribution in [3.8, 4) is 0 Å². The zero-order valence-electron chi connectivity index (χ0n) is 11.9. The van der Waals surface area contributed by atoms with Crippen molar-refractivity contribution in [2.24, 2.45) is 17.3 Å². The van der Waals surface area contributed by atoms with Gasteiger partial charge in [-0.3, -0.25) is 4.79 Å². The molecule has 18 heavy (non-hydrogen) atoms. The molecule has 0 rings (SSSR count). The molecule has 0 aliphatic carbocycles. The molecule has 1 unspecified atom stereocenters. The van der Waals surface area contributed by atoms with Gasteiger partial charge in [0.25, 0.3) is 0 Å². The van der Waals surface area contributed by atoms with Crippen LogP contribution in [-0.4, -0.2) is 31.8 Å². The third kappa shape index (κ3) is 8.47. The van der Waals surface area contributed by atoms with Crippen LogP contribution in [0.3, 0.4) is 0 Å². The lowest BCUT2D eigenvalue weighted by Crippen LogP contribution is -2.36. The number of carbonyl (C=O) groups is 1. The predicted molar refractivity (Wildman–Crippen MR) is 71.8 cm³/mol. The molecule has 0 aliphatic heterocycles. The third-order valence-corrected chi connectivity index (χ3v) is 4.02. The molecule has 0 amide bonds. The molecule has 0 saturated heterocycles. The predicted octanol–water partition coefficient (Wildman–Crippen LogP) is 1.70. The Bertz CT molecular complexity index is 368. The Morgan fingerprint density at radius 2 is 1.78 bits per heavy atom. The van der Waals surface area contributed by atoms with Gasteiger partial charge in [0.2, 0.25) is 10.0 Å². The minimum atomic E-state index is -3.38. The molecule has 0 saturated carbocycles. The van der Waals surface area contributed by atoms with Gasteiger partial charge in [0.05, 0.1) is 11.7 Å². The monoisotopic (exact) mass is 279 g/mol. The highest BCUT2D eigenvalue weighted by atomic mass is 32.2. The number of hydrogen-bond donors (Lipinski definition) is 2. The average Bonchev–Trinajstić information content (AvgIpc) is 2.07. The van der Waals surface area contributed by atoms with E-state index in [1.54, 1.807) is 0 Å². The van der Waals surface area contributed by atoms with Crippen LogP contribution in [0.1, 0.15) is 41.0 Å². The van der Waals surface area contributed by atoms with E-state index in [-0.39, 0.29) is 23.6 Å². The molecule has 0 fully saturated rings. The third-order valence-electron chi connectivity index (χ3n) is 2.31. The zero-order chi connectivity index (χ0) is 14.6. The van der Waals surface area contributed by atoms with Gasteiger partial charge in [0, 0.05) is 6.54 Å². The highest BCUT2D eigenvalue weighted by Gasteiger charge is 2.26. The number of aliphatic carboxylic acids is 1. The van der Waals surface area contributed by atoms with E-state index < -0.39 is 21.9 Å². The standard InChI is InChI=1S/C12H25NO4S/c1-9(2)8-18(16,17)13-7-10(11(14)15)6-12(3,4)5/h9-10,13H,6-8H2,1-5H3,(H,14,15). The molecule has 1 atom stereocenters.